The molecule has 0 spiro atoms. The maximum absolute atomic E-state index is 12.1. The third-order valence-corrected chi connectivity index (χ3v) is 4.05. The van der Waals surface area contributed by atoms with E-state index in [1.165, 1.54) is 0 Å². The smallest absolute Gasteiger partial charge is 0.286 e. The van der Waals surface area contributed by atoms with Gasteiger partial charge in [-0.2, -0.15) is 0 Å². The van der Waals surface area contributed by atoms with Crippen molar-refractivity contribution < 1.29 is 14.3 Å². The topological polar surface area (TPSA) is 83.2 Å². The van der Waals surface area contributed by atoms with Gasteiger partial charge in [0.1, 0.15) is 11.4 Å². The van der Waals surface area contributed by atoms with E-state index in [2.05, 4.69) is 31.8 Å². The first-order chi connectivity index (χ1) is 12.0. The summed E-state index contributed by atoms with van der Waals surface area (Å²) in [6.45, 7) is 1.61. The van der Waals surface area contributed by atoms with Crippen LogP contribution in [0.5, 0.6) is 5.75 Å². The molecule has 1 heterocycles. The molecule has 3 aromatic rings. The molecule has 0 saturated heterocycles. The monoisotopic (exact) mass is 401 g/mol. The van der Waals surface area contributed by atoms with Crippen molar-refractivity contribution in [3.63, 3.8) is 0 Å². The molecule has 3 rings (SSSR count). The van der Waals surface area contributed by atoms with Crippen LogP contribution in [0.15, 0.2) is 59.2 Å². The Hall–Kier alpha value is -2.80. The minimum Gasteiger partial charge on any atom is -0.481 e. The number of amides is 2. The Morgan fingerprint density at radius 3 is 2.56 bits per heavy atom. The Morgan fingerprint density at radius 2 is 1.84 bits per heavy atom. The van der Waals surface area contributed by atoms with Gasteiger partial charge in [0.25, 0.3) is 11.8 Å². The van der Waals surface area contributed by atoms with Crippen molar-refractivity contribution in [1.29, 1.82) is 0 Å². The number of benzene rings is 2. The second-order valence-electron chi connectivity index (χ2n) is 5.44. The van der Waals surface area contributed by atoms with Crippen LogP contribution in [0, 0.1) is 0 Å². The first-order valence-electron chi connectivity index (χ1n) is 7.62. The van der Waals surface area contributed by atoms with Crippen LogP contribution in [-0.4, -0.2) is 22.9 Å². The summed E-state index contributed by atoms with van der Waals surface area (Å²) in [6, 6.07) is 15.1. The van der Waals surface area contributed by atoms with Gasteiger partial charge in [0, 0.05) is 10.7 Å². The number of hydrogen-bond acceptors (Lipinski definition) is 3. The Labute approximate surface area is 152 Å². The van der Waals surface area contributed by atoms with E-state index in [4.69, 9.17) is 4.74 Å². The average Bonchev–Trinajstić information content (AvgIpc) is 3.05. The zero-order chi connectivity index (χ0) is 17.8. The number of aromatic nitrogens is 1. The van der Waals surface area contributed by atoms with Gasteiger partial charge in [0.05, 0.1) is 0 Å². The summed E-state index contributed by atoms with van der Waals surface area (Å²) in [5.74, 6) is -0.315. The minimum absolute atomic E-state index is 0.329. The van der Waals surface area contributed by atoms with E-state index >= 15 is 0 Å². The lowest BCUT2D eigenvalue weighted by Gasteiger charge is -2.15. The lowest BCUT2D eigenvalue weighted by atomic mass is 10.1. The summed E-state index contributed by atoms with van der Waals surface area (Å²) in [5.41, 5.74) is 5.02. The van der Waals surface area contributed by atoms with E-state index in [1.807, 2.05) is 36.4 Å². The molecule has 3 N–H and O–H groups in total. The molecule has 1 aromatic heterocycles. The first kappa shape index (κ1) is 17.0. The fourth-order valence-corrected chi connectivity index (χ4v) is 2.63. The fourth-order valence-electron chi connectivity index (χ4n) is 2.28. The van der Waals surface area contributed by atoms with Gasteiger partial charge in [-0.05, 0) is 51.8 Å². The summed E-state index contributed by atoms with van der Waals surface area (Å²) in [7, 11) is 0. The molecule has 0 aliphatic rings. The lowest BCUT2D eigenvalue weighted by Crippen LogP contribution is -2.47. The molecule has 0 radical (unpaired) electrons. The highest BCUT2D eigenvalue weighted by atomic mass is 79.9. The molecule has 7 heteroatoms. The summed E-state index contributed by atoms with van der Waals surface area (Å²) in [4.78, 5) is 26.7. The van der Waals surface area contributed by atoms with Crippen LogP contribution >= 0.6 is 15.9 Å². The van der Waals surface area contributed by atoms with Crippen LogP contribution in [-0.2, 0) is 4.79 Å². The van der Waals surface area contributed by atoms with Crippen LogP contribution in [0.1, 0.15) is 17.4 Å². The maximum Gasteiger partial charge on any atom is 0.286 e. The van der Waals surface area contributed by atoms with Gasteiger partial charge < -0.3 is 9.72 Å². The van der Waals surface area contributed by atoms with E-state index < -0.39 is 17.9 Å². The highest BCUT2D eigenvalue weighted by molar-refractivity contribution is 9.10. The van der Waals surface area contributed by atoms with Crippen LogP contribution in [0.3, 0.4) is 0 Å². The molecule has 25 heavy (non-hydrogen) atoms. The lowest BCUT2D eigenvalue weighted by molar-refractivity contribution is -0.128. The third kappa shape index (κ3) is 4.19. The van der Waals surface area contributed by atoms with Crippen molar-refractivity contribution >= 4 is 38.5 Å². The zero-order valence-electron chi connectivity index (χ0n) is 13.4. The number of aromatic amines is 1. The molecule has 0 saturated carbocycles. The molecule has 1 atom stereocenters. The Morgan fingerprint density at radius 1 is 1.08 bits per heavy atom. The number of hydrogen-bond donors (Lipinski definition) is 3. The van der Waals surface area contributed by atoms with E-state index in [0.29, 0.717) is 11.4 Å². The molecule has 0 fully saturated rings. The third-order valence-electron chi connectivity index (χ3n) is 3.59. The van der Waals surface area contributed by atoms with Crippen molar-refractivity contribution in [3.05, 3.63) is 64.9 Å². The Balaban J connectivity index is 1.57. The molecular weight excluding hydrogens is 386 g/mol. The predicted octanol–water partition coefficient (Wildman–Crippen LogP) is 3.16. The van der Waals surface area contributed by atoms with E-state index in [9.17, 15) is 9.59 Å². The van der Waals surface area contributed by atoms with Gasteiger partial charge >= 0.3 is 0 Å². The van der Waals surface area contributed by atoms with Crippen LogP contribution < -0.4 is 15.6 Å². The van der Waals surface area contributed by atoms with Crippen LogP contribution in [0.25, 0.3) is 10.8 Å². The molecule has 128 valence electrons. The molecule has 2 aromatic carbocycles. The SMILES string of the molecule is CC(Oc1ccc2ccccc2c1)C(=O)NNC(=O)c1cc(Br)c[nH]1. The molecule has 0 aliphatic heterocycles. The average molecular weight is 402 g/mol. The number of rotatable bonds is 4. The summed E-state index contributed by atoms with van der Waals surface area (Å²) < 4.78 is 6.39. The fraction of sp³-hybridized carbons (Fsp3) is 0.111. The van der Waals surface area contributed by atoms with E-state index in [0.717, 1.165) is 15.2 Å². The summed E-state index contributed by atoms with van der Waals surface area (Å²) >= 11 is 3.24. The van der Waals surface area contributed by atoms with Crippen molar-refractivity contribution in [3.8, 4) is 5.75 Å². The van der Waals surface area contributed by atoms with Crippen molar-refractivity contribution in [1.82, 2.24) is 15.8 Å². The predicted molar refractivity (Wildman–Crippen MR) is 98.1 cm³/mol. The van der Waals surface area contributed by atoms with Gasteiger partial charge in [-0.3, -0.25) is 20.4 Å². The zero-order valence-corrected chi connectivity index (χ0v) is 15.0. The standard InChI is InChI=1S/C18H16BrN3O3/c1-11(17(23)21-22-18(24)16-9-14(19)10-20-16)25-15-7-6-12-4-2-3-5-13(12)8-15/h2-11,20H,1H3,(H,21,23)(H,22,24). The number of ether oxygens (including phenoxy) is 1. The van der Waals surface area contributed by atoms with Gasteiger partial charge in [0.2, 0.25) is 0 Å². The van der Waals surface area contributed by atoms with Crippen molar-refractivity contribution in [2.75, 3.05) is 0 Å². The number of H-pyrrole nitrogens is 1. The molecular formula is C18H16BrN3O3. The van der Waals surface area contributed by atoms with E-state index in [-0.39, 0.29) is 0 Å². The summed E-state index contributed by atoms with van der Waals surface area (Å²) in [5, 5.41) is 2.12. The molecule has 2 amide bonds. The second kappa shape index (κ2) is 7.40. The summed E-state index contributed by atoms with van der Waals surface area (Å²) in [6.07, 6.45) is 0.860. The van der Waals surface area contributed by atoms with Crippen LogP contribution in [0.2, 0.25) is 0 Å². The minimum atomic E-state index is -0.767. The van der Waals surface area contributed by atoms with Crippen molar-refractivity contribution in [2.45, 2.75) is 13.0 Å². The number of fused-ring (bicyclic) bond motifs is 1. The molecule has 1 unspecified atom stereocenters. The normalized spacial score (nSPS) is 11.8. The molecule has 0 bridgehead atoms. The Bertz CT molecular complexity index is 923. The first-order valence-corrected chi connectivity index (χ1v) is 8.42. The number of nitrogens with one attached hydrogen (secondary N) is 3. The number of carbonyl (C=O) groups excluding carboxylic acids is 2. The highest BCUT2D eigenvalue weighted by Crippen LogP contribution is 2.21. The van der Waals surface area contributed by atoms with Gasteiger partial charge in [-0.15, -0.1) is 0 Å². The molecule has 0 aliphatic carbocycles. The van der Waals surface area contributed by atoms with Gasteiger partial charge in [-0.25, -0.2) is 0 Å². The quantitative estimate of drug-likeness (QED) is 0.587. The highest BCUT2D eigenvalue weighted by Gasteiger charge is 2.16. The Kier molecular flexibility index (Phi) is 5.04. The van der Waals surface area contributed by atoms with Crippen LogP contribution in [0.4, 0.5) is 0 Å². The van der Waals surface area contributed by atoms with E-state index in [1.54, 1.807) is 25.3 Å². The second-order valence-corrected chi connectivity index (χ2v) is 6.36. The maximum atomic E-state index is 12.1. The van der Waals surface area contributed by atoms with Gasteiger partial charge in [-0.1, -0.05) is 30.3 Å². The van der Waals surface area contributed by atoms with Gasteiger partial charge in [0.15, 0.2) is 6.10 Å². The number of carbonyl (C=O) groups is 2. The van der Waals surface area contributed by atoms with Crippen molar-refractivity contribution in [2.24, 2.45) is 0 Å². The molecule has 6 nitrogen and oxygen atoms in total. The largest absolute Gasteiger partial charge is 0.481 e. The number of halogens is 1. The number of hydrazine groups is 1.